The molecule has 1 unspecified atom stereocenters. The van der Waals surface area contributed by atoms with Gasteiger partial charge in [-0.1, -0.05) is 0 Å². The second-order valence-corrected chi connectivity index (χ2v) is 4.11. The fraction of sp³-hybridized carbons (Fsp3) is 0.667. The molecule has 0 spiro atoms. The summed E-state index contributed by atoms with van der Waals surface area (Å²) in [5, 5.41) is 4.30. The van der Waals surface area contributed by atoms with Gasteiger partial charge in [0.2, 0.25) is 0 Å². The summed E-state index contributed by atoms with van der Waals surface area (Å²) in [6.07, 6.45) is 1.95. The van der Waals surface area contributed by atoms with Crippen molar-refractivity contribution in [3.05, 3.63) is 11.1 Å². The van der Waals surface area contributed by atoms with E-state index < -0.39 is 0 Å². The van der Waals surface area contributed by atoms with Crippen LogP contribution in [0.2, 0.25) is 0 Å². The normalized spacial score (nSPS) is 12.9. The molecule has 0 fully saturated rings. The van der Waals surface area contributed by atoms with Gasteiger partial charge in [-0.25, -0.2) is 4.98 Å². The van der Waals surface area contributed by atoms with Gasteiger partial charge in [-0.05, 0) is 20.9 Å². The van der Waals surface area contributed by atoms with E-state index in [4.69, 9.17) is 0 Å². The van der Waals surface area contributed by atoms with Gasteiger partial charge >= 0.3 is 0 Å². The smallest absolute Gasteiger partial charge is 0.185 e. The van der Waals surface area contributed by atoms with Crippen molar-refractivity contribution in [1.29, 1.82) is 0 Å². The summed E-state index contributed by atoms with van der Waals surface area (Å²) in [5.74, 6) is 0. The van der Waals surface area contributed by atoms with Crippen LogP contribution >= 0.6 is 11.3 Å². The number of nitrogens with one attached hydrogen (secondary N) is 1. The van der Waals surface area contributed by atoms with E-state index in [1.807, 2.05) is 13.2 Å². The van der Waals surface area contributed by atoms with E-state index in [9.17, 15) is 0 Å². The lowest BCUT2D eigenvalue weighted by molar-refractivity contribution is 0.662. The van der Waals surface area contributed by atoms with Gasteiger partial charge in [0.15, 0.2) is 5.13 Å². The molecule has 0 radical (unpaired) electrons. The lowest BCUT2D eigenvalue weighted by Gasteiger charge is -2.11. The highest BCUT2D eigenvalue weighted by Gasteiger charge is 2.09. The third-order valence-electron chi connectivity index (χ3n) is 2.17. The summed E-state index contributed by atoms with van der Waals surface area (Å²) >= 11 is 1.75. The van der Waals surface area contributed by atoms with Crippen LogP contribution in [0.25, 0.3) is 0 Å². The van der Waals surface area contributed by atoms with E-state index in [0.29, 0.717) is 6.04 Å². The number of nitrogens with zero attached hydrogens (tertiary/aromatic N) is 2. The second kappa shape index (κ2) is 4.58. The molecule has 0 amide bonds. The Bertz CT molecular complexity index is 235. The average Bonchev–Trinajstić information content (AvgIpc) is 2.64. The highest BCUT2D eigenvalue weighted by atomic mass is 32.1. The Labute approximate surface area is 83.8 Å². The third-order valence-corrected chi connectivity index (χ3v) is 3.47. The summed E-state index contributed by atoms with van der Waals surface area (Å²) in [7, 11) is 4.03. The molecule has 1 N–H and O–H groups in total. The third kappa shape index (κ3) is 2.42. The minimum absolute atomic E-state index is 0.400. The number of hydrogen-bond donors (Lipinski definition) is 1. The molecule has 3 nitrogen and oxygen atoms in total. The molecule has 0 saturated heterocycles. The average molecular weight is 199 g/mol. The van der Waals surface area contributed by atoms with Crippen molar-refractivity contribution in [2.45, 2.75) is 19.9 Å². The van der Waals surface area contributed by atoms with Crippen LogP contribution in [0.3, 0.4) is 0 Å². The Morgan fingerprint density at radius 2 is 2.38 bits per heavy atom. The summed E-state index contributed by atoms with van der Waals surface area (Å²) in [4.78, 5) is 7.80. The molecule has 0 aliphatic carbocycles. The number of rotatable bonds is 4. The zero-order chi connectivity index (χ0) is 9.84. The van der Waals surface area contributed by atoms with Crippen LogP contribution < -0.4 is 10.2 Å². The van der Waals surface area contributed by atoms with Gasteiger partial charge in [0, 0.05) is 30.7 Å². The van der Waals surface area contributed by atoms with Crippen LogP contribution in [0.4, 0.5) is 5.13 Å². The van der Waals surface area contributed by atoms with Gasteiger partial charge in [0.25, 0.3) is 0 Å². The SMILES string of the molecule is CCN(C)c1ncc(C(C)NC)s1. The zero-order valence-corrected chi connectivity index (χ0v) is 9.48. The fourth-order valence-corrected chi connectivity index (χ4v) is 1.93. The summed E-state index contributed by atoms with van der Waals surface area (Å²) in [6.45, 7) is 5.27. The van der Waals surface area contributed by atoms with Crippen molar-refractivity contribution in [2.75, 3.05) is 25.5 Å². The van der Waals surface area contributed by atoms with E-state index in [-0.39, 0.29) is 0 Å². The molecule has 4 heteroatoms. The molecule has 0 bridgehead atoms. The first-order valence-corrected chi connectivity index (χ1v) is 5.34. The highest BCUT2D eigenvalue weighted by molar-refractivity contribution is 7.15. The van der Waals surface area contributed by atoms with Crippen LogP contribution in [0.5, 0.6) is 0 Å². The van der Waals surface area contributed by atoms with Crippen LogP contribution in [0.15, 0.2) is 6.20 Å². The molecule has 1 rings (SSSR count). The van der Waals surface area contributed by atoms with Crippen molar-refractivity contribution in [1.82, 2.24) is 10.3 Å². The lowest BCUT2D eigenvalue weighted by Crippen LogP contribution is -2.15. The number of anilines is 1. The molecule has 0 saturated carbocycles. The molecule has 1 heterocycles. The van der Waals surface area contributed by atoms with Crippen LogP contribution in [-0.2, 0) is 0 Å². The largest absolute Gasteiger partial charge is 0.351 e. The molecule has 13 heavy (non-hydrogen) atoms. The minimum Gasteiger partial charge on any atom is -0.351 e. The molecular formula is C9H17N3S. The van der Waals surface area contributed by atoms with Crippen LogP contribution in [-0.4, -0.2) is 25.6 Å². The van der Waals surface area contributed by atoms with Crippen LogP contribution in [0, 0.1) is 0 Å². The number of thiazole rings is 1. The van der Waals surface area contributed by atoms with Gasteiger partial charge in [-0.3, -0.25) is 0 Å². The molecule has 1 aromatic heterocycles. The topological polar surface area (TPSA) is 28.2 Å². The predicted octanol–water partition coefficient (Wildman–Crippen LogP) is 1.88. The quantitative estimate of drug-likeness (QED) is 0.802. The Hall–Kier alpha value is -0.610. The van der Waals surface area contributed by atoms with Crippen molar-refractivity contribution in [3.8, 4) is 0 Å². The zero-order valence-electron chi connectivity index (χ0n) is 8.66. The first-order chi connectivity index (χ1) is 6.19. The Morgan fingerprint density at radius 3 is 2.92 bits per heavy atom. The lowest BCUT2D eigenvalue weighted by atomic mass is 10.3. The van der Waals surface area contributed by atoms with E-state index in [2.05, 4.69) is 36.1 Å². The highest BCUT2D eigenvalue weighted by Crippen LogP contribution is 2.25. The first kappa shape index (κ1) is 10.5. The monoisotopic (exact) mass is 199 g/mol. The predicted molar refractivity (Wildman–Crippen MR) is 58.5 cm³/mol. The molecular weight excluding hydrogens is 182 g/mol. The Morgan fingerprint density at radius 1 is 1.69 bits per heavy atom. The van der Waals surface area contributed by atoms with Gasteiger partial charge in [-0.2, -0.15) is 0 Å². The summed E-state index contributed by atoms with van der Waals surface area (Å²) in [5.41, 5.74) is 0. The van der Waals surface area contributed by atoms with Gasteiger partial charge < -0.3 is 10.2 Å². The molecule has 1 atom stereocenters. The molecule has 1 aromatic rings. The number of aromatic nitrogens is 1. The maximum Gasteiger partial charge on any atom is 0.185 e. The van der Waals surface area contributed by atoms with Crippen molar-refractivity contribution in [2.24, 2.45) is 0 Å². The summed E-state index contributed by atoms with van der Waals surface area (Å²) < 4.78 is 0. The van der Waals surface area contributed by atoms with Gasteiger partial charge in [0.05, 0.1) is 0 Å². The van der Waals surface area contributed by atoms with Crippen LogP contribution in [0.1, 0.15) is 24.8 Å². The standard InChI is InChI=1S/C9H17N3S/c1-5-12(4)9-11-6-8(13-9)7(2)10-3/h6-7,10H,5H2,1-4H3. The van der Waals surface area contributed by atoms with E-state index in [1.54, 1.807) is 11.3 Å². The van der Waals surface area contributed by atoms with E-state index in [1.165, 1.54) is 4.88 Å². The van der Waals surface area contributed by atoms with Gasteiger partial charge in [-0.15, -0.1) is 11.3 Å². The first-order valence-electron chi connectivity index (χ1n) is 4.53. The van der Waals surface area contributed by atoms with E-state index >= 15 is 0 Å². The van der Waals surface area contributed by atoms with Gasteiger partial charge in [0.1, 0.15) is 0 Å². The molecule has 74 valence electrons. The van der Waals surface area contributed by atoms with Crippen molar-refractivity contribution in [3.63, 3.8) is 0 Å². The molecule has 0 aromatic carbocycles. The van der Waals surface area contributed by atoms with E-state index in [0.717, 1.165) is 11.7 Å². The summed E-state index contributed by atoms with van der Waals surface area (Å²) in [6, 6.07) is 0.400. The second-order valence-electron chi connectivity index (χ2n) is 3.07. The maximum atomic E-state index is 4.36. The Balaban J connectivity index is 2.74. The molecule has 0 aliphatic rings. The maximum absolute atomic E-state index is 4.36. The molecule has 0 aliphatic heterocycles. The van der Waals surface area contributed by atoms with Crippen molar-refractivity contribution >= 4 is 16.5 Å². The fourth-order valence-electron chi connectivity index (χ4n) is 0.931. The minimum atomic E-state index is 0.400. The Kier molecular flexibility index (Phi) is 3.69. The number of hydrogen-bond acceptors (Lipinski definition) is 4. The van der Waals surface area contributed by atoms with Crippen molar-refractivity contribution < 1.29 is 0 Å².